The first-order chi connectivity index (χ1) is 10.1. The zero-order valence-electron chi connectivity index (χ0n) is 12.0. The van der Waals surface area contributed by atoms with Gasteiger partial charge in [0, 0.05) is 18.7 Å². The number of furan rings is 1. The second-order valence-corrected chi connectivity index (χ2v) is 6.55. The summed E-state index contributed by atoms with van der Waals surface area (Å²) in [5.74, 6) is 0. The second kappa shape index (κ2) is 7.40. The normalized spacial score (nSPS) is 11.7. The average molecular weight is 308 g/mol. The van der Waals surface area contributed by atoms with Crippen LogP contribution in [0.15, 0.2) is 52.2 Å². The molecule has 0 fully saturated rings. The first-order valence-corrected chi connectivity index (χ1v) is 8.40. The van der Waals surface area contributed by atoms with Gasteiger partial charge in [-0.05, 0) is 36.7 Å². The van der Waals surface area contributed by atoms with Crippen LogP contribution in [0.3, 0.4) is 0 Å². The van der Waals surface area contributed by atoms with Crippen LogP contribution in [0.1, 0.15) is 24.5 Å². The molecule has 21 heavy (non-hydrogen) atoms. The molecule has 6 heteroatoms. The Balaban J connectivity index is 2.03. The van der Waals surface area contributed by atoms with Gasteiger partial charge in [-0.25, -0.2) is 13.1 Å². The molecule has 0 unspecified atom stereocenters. The summed E-state index contributed by atoms with van der Waals surface area (Å²) in [5, 5.41) is 3.26. The van der Waals surface area contributed by atoms with Gasteiger partial charge in [0.15, 0.2) is 0 Å². The van der Waals surface area contributed by atoms with Crippen LogP contribution >= 0.6 is 0 Å². The van der Waals surface area contributed by atoms with Gasteiger partial charge in [-0.2, -0.15) is 0 Å². The van der Waals surface area contributed by atoms with Crippen molar-refractivity contribution in [2.45, 2.75) is 31.3 Å². The van der Waals surface area contributed by atoms with Crippen LogP contribution in [0, 0.1) is 0 Å². The predicted molar refractivity (Wildman–Crippen MR) is 81.2 cm³/mol. The first kappa shape index (κ1) is 15.8. The highest BCUT2D eigenvalue weighted by atomic mass is 32.2. The van der Waals surface area contributed by atoms with Gasteiger partial charge in [0.05, 0.1) is 17.4 Å². The van der Waals surface area contributed by atoms with Crippen molar-refractivity contribution in [2.24, 2.45) is 0 Å². The number of nitrogens with one attached hydrogen (secondary N) is 2. The number of rotatable bonds is 8. The SMILES string of the molecule is CCCNCc1cccc(S(=O)(=O)NCc2ccoc2)c1. The summed E-state index contributed by atoms with van der Waals surface area (Å²) < 4.78 is 32.0. The summed E-state index contributed by atoms with van der Waals surface area (Å²) in [5.41, 5.74) is 1.74. The third-order valence-corrected chi connectivity index (χ3v) is 4.41. The molecular formula is C15H20N2O3S. The Kier molecular flexibility index (Phi) is 5.55. The van der Waals surface area contributed by atoms with E-state index in [1.165, 1.54) is 12.5 Å². The third kappa shape index (κ3) is 4.70. The molecule has 1 aromatic carbocycles. The number of hydrogen-bond donors (Lipinski definition) is 2. The van der Waals surface area contributed by atoms with E-state index < -0.39 is 10.0 Å². The van der Waals surface area contributed by atoms with Gasteiger partial charge in [-0.3, -0.25) is 0 Å². The fraction of sp³-hybridized carbons (Fsp3) is 0.333. The molecule has 5 nitrogen and oxygen atoms in total. The molecule has 0 atom stereocenters. The monoisotopic (exact) mass is 308 g/mol. The molecule has 0 aliphatic rings. The molecule has 0 amide bonds. The second-order valence-electron chi connectivity index (χ2n) is 4.78. The van der Waals surface area contributed by atoms with E-state index in [1.54, 1.807) is 24.3 Å². The van der Waals surface area contributed by atoms with Crippen LogP contribution in [0.25, 0.3) is 0 Å². The standard InChI is InChI=1S/C15H20N2O3S/c1-2-7-16-10-13-4-3-5-15(9-13)21(18,19)17-11-14-6-8-20-12-14/h3-6,8-9,12,16-17H,2,7,10-11H2,1H3. The Hall–Kier alpha value is -1.63. The highest BCUT2D eigenvalue weighted by Crippen LogP contribution is 2.12. The molecule has 0 aliphatic heterocycles. The maximum Gasteiger partial charge on any atom is 0.240 e. The lowest BCUT2D eigenvalue weighted by Gasteiger charge is -2.08. The van der Waals surface area contributed by atoms with E-state index in [1.807, 2.05) is 6.07 Å². The molecule has 1 heterocycles. The van der Waals surface area contributed by atoms with E-state index in [-0.39, 0.29) is 11.4 Å². The van der Waals surface area contributed by atoms with Crippen molar-refractivity contribution in [1.29, 1.82) is 0 Å². The molecule has 2 aromatic rings. The van der Waals surface area contributed by atoms with Gasteiger partial charge in [0.2, 0.25) is 10.0 Å². The molecule has 0 spiro atoms. The Bertz CT molecular complexity index is 651. The smallest absolute Gasteiger partial charge is 0.240 e. The highest BCUT2D eigenvalue weighted by Gasteiger charge is 2.14. The quantitative estimate of drug-likeness (QED) is 0.734. The zero-order valence-corrected chi connectivity index (χ0v) is 12.8. The van der Waals surface area contributed by atoms with E-state index in [2.05, 4.69) is 17.0 Å². The molecular weight excluding hydrogens is 288 g/mol. The highest BCUT2D eigenvalue weighted by molar-refractivity contribution is 7.89. The van der Waals surface area contributed by atoms with Crippen molar-refractivity contribution in [3.63, 3.8) is 0 Å². The molecule has 1 aromatic heterocycles. The molecule has 0 aliphatic carbocycles. The Labute approximate surface area is 125 Å². The number of hydrogen-bond acceptors (Lipinski definition) is 4. The van der Waals surface area contributed by atoms with Crippen LogP contribution < -0.4 is 10.0 Å². The minimum Gasteiger partial charge on any atom is -0.472 e. The topological polar surface area (TPSA) is 71.3 Å². The molecule has 114 valence electrons. The predicted octanol–water partition coefficient (Wildman–Crippen LogP) is 2.26. The van der Waals surface area contributed by atoms with Crippen molar-refractivity contribution in [3.8, 4) is 0 Å². The van der Waals surface area contributed by atoms with Crippen molar-refractivity contribution < 1.29 is 12.8 Å². The van der Waals surface area contributed by atoms with E-state index >= 15 is 0 Å². The summed E-state index contributed by atoms with van der Waals surface area (Å²) >= 11 is 0. The Morgan fingerprint density at radius 2 is 2.00 bits per heavy atom. The first-order valence-electron chi connectivity index (χ1n) is 6.92. The van der Waals surface area contributed by atoms with E-state index in [0.29, 0.717) is 6.54 Å². The lowest BCUT2D eigenvalue weighted by atomic mass is 10.2. The van der Waals surface area contributed by atoms with Gasteiger partial charge in [-0.1, -0.05) is 19.1 Å². The van der Waals surface area contributed by atoms with Crippen LogP contribution in [0.4, 0.5) is 0 Å². The number of benzene rings is 1. The van der Waals surface area contributed by atoms with Gasteiger partial charge >= 0.3 is 0 Å². The molecule has 0 bridgehead atoms. The largest absolute Gasteiger partial charge is 0.472 e. The Morgan fingerprint density at radius 1 is 1.14 bits per heavy atom. The van der Waals surface area contributed by atoms with Gasteiger partial charge in [-0.15, -0.1) is 0 Å². The van der Waals surface area contributed by atoms with Crippen molar-refractivity contribution in [3.05, 3.63) is 54.0 Å². The molecule has 0 saturated heterocycles. The van der Waals surface area contributed by atoms with E-state index in [9.17, 15) is 8.42 Å². The molecule has 0 radical (unpaired) electrons. The summed E-state index contributed by atoms with van der Waals surface area (Å²) in [6, 6.07) is 8.70. The zero-order chi connectivity index (χ0) is 15.1. The maximum atomic E-state index is 12.2. The van der Waals surface area contributed by atoms with Crippen LogP contribution in [-0.2, 0) is 23.1 Å². The summed E-state index contributed by atoms with van der Waals surface area (Å²) in [6.07, 6.45) is 4.08. The minimum absolute atomic E-state index is 0.219. The lowest BCUT2D eigenvalue weighted by Crippen LogP contribution is -2.23. The third-order valence-electron chi connectivity index (χ3n) is 3.01. The molecule has 0 saturated carbocycles. The van der Waals surface area contributed by atoms with Gasteiger partial charge in [0.25, 0.3) is 0 Å². The van der Waals surface area contributed by atoms with Crippen LogP contribution in [-0.4, -0.2) is 15.0 Å². The average Bonchev–Trinajstić information content (AvgIpc) is 2.99. The van der Waals surface area contributed by atoms with E-state index in [0.717, 1.165) is 24.1 Å². The lowest BCUT2D eigenvalue weighted by molar-refractivity contribution is 0.561. The van der Waals surface area contributed by atoms with Gasteiger partial charge < -0.3 is 9.73 Å². The van der Waals surface area contributed by atoms with Gasteiger partial charge in [0.1, 0.15) is 0 Å². The molecule has 2 N–H and O–H groups in total. The van der Waals surface area contributed by atoms with E-state index in [4.69, 9.17) is 4.42 Å². The summed E-state index contributed by atoms with van der Waals surface area (Å²) in [7, 11) is -3.51. The summed E-state index contributed by atoms with van der Waals surface area (Å²) in [6.45, 7) is 3.89. The van der Waals surface area contributed by atoms with Crippen LogP contribution in [0.5, 0.6) is 0 Å². The van der Waals surface area contributed by atoms with Crippen LogP contribution in [0.2, 0.25) is 0 Å². The van der Waals surface area contributed by atoms with Crippen molar-refractivity contribution in [2.75, 3.05) is 6.54 Å². The van der Waals surface area contributed by atoms with Crippen molar-refractivity contribution >= 4 is 10.0 Å². The number of sulfonamides is 1. The fourth-order valence-electron chi connectivity index (χ4n) is 1.89. The van der Waals surface area contributed by atoms with Crippen molar-refractivity contribution in [1.82, 2.24) is 10.0 Å². The maximum absolute atomic E-state index is 12.2. The Morgan fingerprint density at radius 3 is 2.71 bits per heavy atom. The fourth-order valence-corrected chi connectivity index (χ4v) is 2.97. The molecule has 2 rings (SSSR count). The summed E-state index contributed by atoms with van der Waals surface area (Å²) in [4.78, 5) is 0.279. The minimum atomic E-state index is -3.51.